The average Bonchev–Trinajstić information content (AvgIpc) is 2.50. The zero-order chi connectivity index (χ0) is 10.8. The van der Waals surface area contributed by atoms with E-state index in [0.717, 1.165) is 0 Å². The minimum Gasteiger partial charge on any atom is -0.454 e. The molecule has 1 heterocycles. The Hall–Kier alpha value is -1.55. The number of halogens is 1. The van der Waals surface area contributed by atoms with E-state index in [9.17, 15) is 4.79 Å². The Morgan fingerprint density at radius 1 is 1.53 bits per heavy atom. The maximum absolute atomic E-state index is 11.1. The third kappa shape index (κ3) is 2.10. The van der Waals surface area contributed by atoms with Crippen LogP contribution in [-0.2, 0) is 9.53 Å². The highest BCUT2D eigenvalue weighted by Gasteiger charge is 2.25. The minimum absolute atomic E-state index is 0.0515. The Bertz CT molecular complexity index is 431. The van der Waals surface area contributed by atoms with E-state index >= 15 is 0 Å². The molecule has 15 heavy (non-hydrogen) atoms. The van der Waals surface area contributed by atoms with Gasteiger partial charge in [0.05, 0.1) is 5.69 Å². The van der Waals surface area contributed by atoms with Gasteiger partial charge in [0.15, 0.2) is 6.61 Å². The molecule has 0 atom stereocenters. The van der Waals surface area contributed by atoms with Gasteiger partial charge in [-0.1, -0.05) is 17.7 Å². The summed E-state index contributed by atoms with van der Waals surface area (Å²) in [6.45, 7) is 0.0515. The quantitative estimate of drug-likeness (QED) is 0.730. The Morgan fingerprint density at radius 3 is 2.93 bits per heavy atom. The highest BCUT2D eigenvalue weighted by atomic mass is 35.5. The molecule has 4 nitrogen and oxygen atoms in total. The SMILES string of the molecule is CN1C(=O)COC1=Nc1cccc(Cl)c1. The number of benzene rings is 1. The molecule has 1 fully saturated rings. The summed E-state index contributed by atoms with van der Waals surface area (Å²) in [5.74, 6) is -0.101. The minimum atomic E-state index is -0.101. The van der Waals surface area contributed by atoms with Crippen molar-refractivity contribution in [1.29, 1.82) is 0 Å². The summed E-state index contributed by atoms with van der Waals surface area (Å²) in [6.07, 6.45) is 0. The number of amides is 1. The van der Waals surface area contributed by atoms with Gasteiger partial charge < -0.3 is 4.74 Å². The van der Waals surface area contributed by atoms with Crippen molar-refractivity contribution in [3.05, 3.63) is 29.3 Å². The molecule has 78 valence electrons. The van der Waals surface area contributed by atoms with Gasteiger partial charge in [0.1, 0.15) is 0 Å². The molecule has 0 N–H and O–H groups in total. The van der Waals surface area contributed by atoms with Crippen molar-refractivity contribution in [2.45, 2.75) is 0 Å². The molecule has 1 aromatic carbocycles. The number of rotatable bonds is 1. The highest BCUT2D eigenvalue weighted by Crippen LogP contribution is 2.19. The molecule has 0 radical (unpaired) electrons. The molecule has 0 bridgehead atoms. The number of aliphatic imine (C=N–C) groups is 1. The van der Waals surface area contributed by atoms with E-state index in [-0.39, 0.29) is 12.5 Å². The summed E-state index contributed by atoms with van der Waals surface area (Å²) in [5, 5.41) is 0.601. The second kappa shape index (κ2) is 3.90. The van der Waals surface area contributed by atoms with Gasteiger partial charge in [0, 0.05) is 12.1 Å². The van der Waals surface area contributed by atoms with Crippen molar-refractivity contribution < 1.29 is 9.53 Å². The summed E-state index contributed by atoms with van der Waals surface area (Å²) in [4.78, 5) is 16.7. The number of nitrogens with zero attached hydrogens (tertiary/aromatic N) is 2. The van der Waals surface area contributed by atoms with Crippen LogP contribution in [0.1, 0.15) is 0 Å². The number of amidine groups is 1. The molecule has 0 saturated carbocycles. The molecule has 1 aliphatic rings. The van der Waals surface area contributed by atoms with Crippen molar-refractivity contribution in [1.82, 2.24) is 4.90 Å². The maximum Gasteiger partial charge on any atom is 0.299 e. The van der Waals surface area contributed by atoms with Crippen LogP contribution in [0.3, 0.4) is 0 Å². The molecular formula is C10H9ClN2O2. The summed E-state index contributed by atoms with van der Waals surface area (Å²) >= 11 is 5.80. The van der Waals surface area contributed by atoms with Crippen molar-refractivity contribution in [2.24, 2.45) is 4.99 Å². The van der Waals surface area contributed by atoms with Crippen LogP contribution in [0, 0.1) is 0 Å². The number of carbonyl (C=O) groups is 1. The van der Waals surface area contributed by atoms with Crippen molar-refractivity contribution in [2.75, 3.05) is 13.7 Å². The molecule has 1 amide bonds. The first-order valence-corrected chi connectivity index (χ1v) is 4.78. The smallest absolute Gasteiger partial charge is 0.299 e. The molecule has 0 spiro atoms. The largest absolute Gasteiger partial charge is 0.454 e. The zero-order valence-electron chi connectivity index (χ0n) is 8.11. The van der Waals surface area contributed by atoms with Gasteiger partial charge in [-0.3, -0.25) is 9.69 Å². The van der Waals surface area contributed by atoms with Crippen LogP contribution >= 0.6 is 11.6 Å². The van der Waals surface area contributed by atoms with E-state index in [1.54, 1.807) is 31.3 Å². The standard InChI is InChI=1S/C10H9ClN2O2/c1-13-9(14)6-15-10(13)12-8-4-2-3-7(11)5-8/h2-5H,6H2,1H3. The molecule has 0 unspecified atom stereocenters. The van der Waals surface area contributed by atoms with Gasteiger partial charge in [0.25, 0.3) is 11.9 Å². The highest BCUT2D eigenvalue weighted by molar-refractivity contribution is 6.30. The first-order valence-electron chi connectivity index (χ1n) is 4.40. The van der Waals surface area contributed by atoms with Crippen LogP contribution in [0.2, 0.25) is 5.02 Å². The van der Waals surface area contributed by atoms with E-state index in [2.05, 4.69) is 4.99 Å². The lowest BCUT2D eigenvalue weighted by Crippen LogP contribution is -2.24. The first-order chi connectivity index (χ1) is 7.16. The van der Waals surface area contributed by atoms with E-state index in [1.807, 2.05) is 0 Å². The normalized spacial score (nSPS) is 18.4. The van der Waals surface area contributed by atoms with Crippen LogP contribution in [0.4, 0.5) is 5.69 Å². The molecule has 1 saturated heterocycles. The first kappa shape index (κ1) is 9.98. The Balaban J connectivity index is 2.27. The fourth-order valence-corrected chi connectivity index (χ4v) is 1.37. The summed E-state index contributed by atoms with van der Waals surface area (Å²) < 4.78 is 5.10. The lowest BCUT2D eigenvalue weighted by atomic mass is 10.3. The van der Waals surface area contributed by atoms with E-state index in [0.29, 0.717) is 16.7 Å². The average molecular weight is 225 g/mol. The third-order valence-electron chi connectivity index (χ3n) is 2.02. The molecule has 1 aliphatic heterocycles. The van der Waals surface area contributed by atoms with E-state index in [4.69, 9.17) is 16.3 Å². The Labute approximate surface area is 92.1 Å². The molecule has 5 heteroatoms. The number of likely N-dealkylation sites (N-methyl/N-ethyl adjacent to an activating group) is 1. The fourth-order valence-electron chi connectivity index (χ4n) is 1.19. The van der Waals surface area contributed by atoms with E-state index in [1.165, 1.54) is 4.90 Å². The van der Waals surface area contributed by atoms with Crippen LogP contribution in [-0.4, -0.2) is 30.5 Å². The van der Waals surface area contributed by atoms with Gasteiger partial charge >= 0.3 is 0 Å². The summed E-state index contributed by atoms with van der Waals surface area (Å²) in [7, 11) is 1.62. The topological polar surface area (TPSA) is 41.9 Å². The second-order valence-electron chi connectivity index (χ2n) is 3.12. The molecular weight excluding hydrogens is 216 g/mol. The van der Waals surface area contributed by atoms with Gasteiger partial charge in [0.2, 0.25) is 0 Å². The van der Waals surface area contributed by atoms with Crippen molar-refractivity contribution in [3.63, 3.8) is 0 Å². The molecule has 2 rings (SSSR count). The van der Waals surface area contributed by atoms with Gasteiger partial charge in [-0.05, 0) is 18.2 Å². The predicted octanol–water partition coefficient (Wildman–Crippen LogP) is 1.82. The van der Waals surface area contributed by atoms with Gasteiger partial charge in [-0.25, -0.2) is 0 Å². The zero-order valence-corrected chi connectivity index (χ0v) is 8.86. The molecule has 0 aliphatic carbocycles. The van der Waals surface area contributed by atoms with E-state index < -0.39 is 0 Å². The van der Waals surface area contributed by atoms with Crippen LogP contribution in [0.25, 0.3) is 0 Å². The molecule has 1 aromatic rings. The Kier molecular flexibility index (Phi) is 2.60. The van der Waals surface area contributed by atoms with Gasteiger partial charge in [-0.2, -0.15) is 4.99 Å². The summed E-state index contributed by atoms with van der Waals surface area (Å²) in [5.41, 5.74) is 0.666. The maximum atomic E-state index is 11.1. The monoisotopic (exact) mass is 224 g/mol. The second-order valence-corrected chi connectivity index (χ2v) is 3.55. The molecule has 0 aromatic heterocycles. The van der Waals surface area contributed by atoms with Crippen LogP contribution in [0.5, 0.6) is 0 Å². The number of carbonyl (C=O) groups excluding carboxylic acids is 1. The van der Waals surface area contributed by atoms with Crippen LogP contribution < -0.4 is 0 Å². The third-order valence-corrected chi connectivity index (χ3v) is 2.25. The number of hydrogen-bond acceptors (Lipinski definition) is 3. The predicted molar refractivity (Wildman–Crippen MR) is 57.3 cm³/mol. The van der Waals surface area contributed by atoms with Crippen molar-refractivity contribution in [3.8, 4) is 0 Å². The van der Waals surface area contributed by atoms with Crippen LogP contribution in [0.15, 0.2) is 29.3 Å². The summed E-state index contributed by atoms with van der Waals surface area (Å²) in [6, 6.07) is 7.35. The lowest BCUT2D eigenvalue weighted by Gasteiger charge is -2.05. The lowest BCUT2D eigenvalue weighted by molar-refractivity contribution is -0.124. The Morgan fingerprint density at radius 2 is 2.33 bits per heavy atom. The fraction of sp³-hybridized carbons (Fsp3) is 0.200. The van der Waals surface area contributed by atoms with Gasteiger partial charge in [-0.15, -0.1) is 0 Å². The number of ether oxygens (including phenoxy) is 1. The number of hydrogen-bond donors (Lipinski definition) is 0. The van der Waals surface area contributed by atoms with Crippen molar-refractivity contribution >= 4 is 29.2 Å².